The van der Waals surface area contributed by atoms with E-state index in [1.165, 1.54) is 32.1 Å². The van der Waals surface area contributed by atoms with Gasteiger partial charge in [0.2, 0.25) is 0 Å². The Morgan fingerprint density at radius 2 is 1.75 bits per heavy atom. The number of rotatable bonds is 2. The Bertz CT molecular complexity index is 132. The van der Waals surface area contributed by atoms with Gasteiger partial charge in [0.05, 0.1) is 0 Å². The van der Waals surface area contributed by atoms with E-state index < -0.39 is 0 Å². The Labute approximate surface area is 78.5 Å². The maximum absolute atomic E-state index is 2.44. The van der Waals surface area contributed by atoms with Crippen molar-refractivity contribution in [2.45, 2.75) is 58.2 Å². The average Bonchev–Trinajstić information content (AvgIpc) is 2.05. The molecule has 0 amide bonds. The lowest BCUT2D eigenvalue weighted by molar-refractivity contribution is 0.231. The summed E-state index contributed by atoms with van der Waals surface area (Å²) in [5, 5.41) is 0.597. The summed E-state index contributed by atoms with van der Waals surface area (Å²) in [5.41, 5.74) is 0. The van der Waals surface area contributed by atoms with Crippen molar-refractivity contribution in [1.29, 1.82) is 0 Å². The van der Waals surface area contributed by atoms with E-state index in [1.54, 1.807) is 0 Å². The van der Waals surface area contributed by atoms with Crippen molar-refractivity contribution in [1.82, 2.24) is 0 Å². The average molecular weight is 166 g/mol. The van der Waals surface area contributed by atoms with E-state index >= 15 is 0 Å². The van der Waals surface area contributed by atoms with Gasteiger partial charge in [-0.2, -0.15) is 0 Å². The second kappa shape index (κ2) is 3.85. The van der Waals surface area contributed by atoms with Crippen molar-refractivity contribution in [3.05, 3.63) is 0 Å². The highest BCUT2D eigenvalue weighted by Gasteiger charge is 2.30. The van der Waals surface area contributed by atoms with Crippen LogP contribution < -0.4 is 0 Å². The van der Waals surface area contributed by atoms with E-state index in [9.17, 15) is 0 Å². The van der Waals surface area contributed by atoms with Gasteiger partial charge in [0, 0.05) is 0 Å². The first-order valence-corrected chi connectivity index (χ1v) is 5.56. The fourth-order valence-corrected chi connectivity index (χ4v) is 2.33. The molecule has 1 aliphatic carbocycles. The SMILES string of the molecule is BC(C)(CC)C1CCC(C)CC1. The molecule has 0 aromatic carbocycles. The summed E-state index contributed by atoms with van der Waals surface area (Å²) >= 11 is 0. The highest BCUT2D eigenvalue weighted by molar-refractivity contribution is 6.15. The zero-order valence-corrected chi connectivity index (χ0v) is 9.19. The Hall–Kier alpha value is 0.0649. The van der Waals surface area contributed by atoms with E-state index in [-0.39, 0.29) is 0 Å². The maximum Gasteiger partial charge on any atom is 0.109 e. The van der Waals surface area contributed by atoms with Crippen LogP contribution in [0.1, 0.15) is 52.9 Å². The fourth-order valence-electron chi connectivity index (χ4n) is 2.33. The highest BCUT2D eigenvalue weighted by atomic mass is 14.3. The van der Waals surface area contributed by atoms with Crippen molar-refractivity contribution in [2.24, 2.45) is 11.8 Å². The summed E-state index contributed by atoms with van der Waals surface area (Å²) in [6, 6.07) is 0. The van der Waals surface area contributed by atoms with Crippen molar-refractivity contribution < 1.29 is 0 Å². The third-order valence-corrected chi connectivity index (χ3v) is 4.03. The smallest absolute Gasteiger partial charge is 0.0667 e. The number of hydrogen-bond donors (Lipinski definition) is 0. The third kappa shape index (κ3) is 2.28. The summed E-state index contributed by atoms with van der Waals surface area (Å²) in [4.78, 5) is 0. The topological polar surface area (TPSA) is 0 Å². The van der Waals surface area contributed by atoms with Crippen LogP contribution in [-0.2, 0) is 0 Å². The molecule has 0 saturated heterocycles. The standard InChI is InChI=1S/C11H23B/c1-4-11(3,12)10-7-5-9(2)6-8-10/h9-10H,4-8,12H2,1-3H3. The molecule has 0 spiro atoms. The van der Waals surface area contributed by atoms with Gasteiger partial charge in [0.25, 0.3) is 0 Å². The van der Waals surface area contributed by atoms with Gasteiger partial charge in [-0.25, -0.2) is 0 Å². The van der Waals surface area contributed by atoms with Gasteiger partial charge < -0.3 is 0 Å². The van der Waals surface area contributed by atoms with E-state index in [2.05, 4.69) is 28.6 Å². The second-order valence-electron chi connectivity index (χ2n) is 5.30. The Morgan fingerprint density at radius 3 is 2.17 bits per heavy atom. The maximum atomic E-state index is 2.44. The Morgan fingerprint density at radius 1 is 1.25 bits per heavy atom. The molecule has 0 bridgehead atoms. The molecule has 1 heteroatoms. The summed E-state index contributed by atoms with van der Waals surface area (Å²) in [7, 11) is 2.44. The fraction of sp³-hybridized carbons (Fsp3) is 1.00. The van der Waals surface area contributed by atoms with Crippen LogP contribution in [0.4, 0.5) is 0 Å². The largest absolute Gasteiger partial charge is 0.109 e. The van der Waals surface area contributed by atoms with Crippen molar-refractivity contribution in [3.63, 3.8) is 0 Å². The molecule has 1 aliphatic rings. The minimum Gasteiger partial charge on any atom is -0.0667 e. The molecule has 0 aromatic heterocycles. The monoisotopic (exact) mass is 166 g/mol. The molecule has 1 unspecified atom stereocenters. The molecule has 0 aliphatic heterocycles. The first-order valence-electron chi connectivity index (χ1n) is 5.56. The van der Waals surface area contributed by atoms with E-state index in [0.29, 0.717) is 5.31 Å². The lowest BCUT2D eigenvalue weighted by atomic mass is 9.56. The molecule has 1 saturated carbocycles. The van der Waals surface area contributed by atoms with Crippen molar-refractivity contribution >= 4 is 7.85 Å². The van der Waals surface area contributed by atoms with Crippen LogP contribution in [0, 0.1) is 11.8 Å². The lowest BCUT2D eigenvalue weighted by Gasteiger charge is -2.38. The van der Waals surface area contributed by atoms with Crippen LogP contribution in [0.15, 0.2) is 0 Å². The van der Waals surface area contributed by atoms with Crippen LogP contribution in [0.2, 0.25) is 5.31 Å². The molecular formula is C11H23B. The summed E-state index contributed by atoms with van der Waals surface area (Å²) < 4.78 is 0. The minimum absolute atomic E-state index is 0.597. The van der Waals surface area contributed by atoms with Crippen molar-refractivity contribution in [3.8, 4) is 0 Å². The quantitative estimate of drug-likeness (QED) is 0.553. The zero-order valence-electron chi connectivity index (χ0n) is 9.19. The Kier molecular flexibility index (Phi) is 3.26. The van der Waals surface area contributed by atoms with Gasteiger partial charge in [-0.05, 0) is 11.8 Å². The minimum atomic E-state index is 0.597. The lowest BCUT2D eigenvalue weighted by Crippen LogP contribution is -2.24. The van der Waals surface area contributed by atoms with E-state index in [4.69, 9.17) is 0 Å². The second-order valence-corrected chi connectivity index (χ2v) is 5.30. The predicted molar refractivity (Wildman–Crippen MR) is 58.3 cm³/mol. The molecule has 12 heavy (non-hydrogen) atoms. The molecule has 1 fully saturated rings. The van der Waals surface area contributed by atoms with Crippen LogP contribution in [0.25, 0.3) is 0 Å². The van der Waals surface area contributed by atoms with Gasteiger partial charge in [0.1, 0.15) is 7.85 Å². The van der Waals surface area contributed by atoms with Gasteiger partial charge in [-0.3, -0.25) is 0 Å². The van der Waals surface area contributed by atoms with Crippen LogP contribution in [0.5, 0.6) is 0 Å². The molecule has 0 aromatic rings. The highest BCUT2D eigenvalue weighted by Crippen LogP contribution is 2.44. The molecule has 70 valence electrons. The molecule has 0 heterocycles. The van der Waals surface area contributed by atoms with Gasteiger partial charge in [-0.15, -0.1) is 0 Å². The van der Waals surface area contributed by atoms with Crippen LogP contribution in [-0.4, -0.2) is 7.85 Å². The van der Waals surface area contributed by atoms with Crippen molar-refractivity contribution in [2.75, 3.05) is 0 Å². The molecule has 1 rings (SSSR count). The molecule has 0 N–H and O–H groups in total. The van der Waals surface area contributed by atoms with Gasteiger partial charge in [-0.1, -0.05) is 58.2 Å². The van der Waals surface area contributed by atoms with E-state index in [1.807, 2.05) is 0 Å². The van der Waals surface area contributed by atoms with Crippen LogP contribution >= 0.6 is 0 Å². The molecule has 1 atom stereocenters. The number of hydrogen-bond acceptors (Lipinski definition) is 0. The van der Waals surface area contributed by atoms with E-state index in [0.717, 1.165) is 11.8 Å². The van der Waals surface area contributed by atoms with Crippen LogP contribution in [0.3, 0.4) is 0 Å². The summed E-state index contributed by atoms with van der Waals surface area (Å²) in [6.45, 7) is 7.17. The Balaban J connectivity index is 2.44. The first kappa shape index (κ1) is 10.1. The summed E-state index contributed by atoms with van der Waals surface area (Å²) in [5.74, 6) is 1.99. The molecule has 0 radical (unpaired) electrons. The molecule has 0 nitrogen and oxygen atoms in total. The molecular weight excluding hydrogens is 143 g/mol. The summed E-state index contributed by atoms with van der Waals surface area (Å²) in [6.07, 6.45) is 7.22. The normalized spacial score (nSPS) is 35.9. The first-order chi connectivity index (χ1) is 5.56. The van der Waals surface area contributed by atoms with Gasteiger partial charge >= 0.3 is 0 Å². The third-order valence-electron chi connectivity index (χ3n) is 4.03. The van der Waals surface area contributed by atoms with Gasteiger partial charge in [0.15, 0.2) is 0 Å². The predicted octanol–water partition coefficient (Wildman–Crippen LogP) is 3.03. The zero-order chi connectivity index (χ0) is 9.19.